The van der Waals surface area contributed by atoms with E-state index in [9.17, 15) is 22.8 Å². The summed E-state index contributed by atoms with van der Waals surface area (Å²) < 4.78 is 27.6. The van der Waals surface area contributed by atoms with Gasteiger partial charge >= 0.3 is 0 Å². The van der Waals surface area contributed by atoms with E-state index >= 15 is 0 Å². The first-order valence-corrected chi connectivity index (χ1v) is 11.0. The fourth-order valence-electron chi connectivity index (χ4n) is 3.39. The number of carbonyl (C=O) groups excluding carboxylic acids is 3. The zero-order valence-corrected chi connectivity index (χ0v) is 17.9. The number of likely N-dealkylation sites (N-methyl/N-ethyl adjacent to an activating group) is 1. The summed E-state index contributed by atoms with van der Waals surface area (Å²) in [6.07, 6.45) is 0.971. The highest BCUT2D eigenvalue weighted by atomic mass is 32.2. The second-order valence-corrected chi connectivity index (χ2v) is 8.81. The summed E-state index contributed by atoms with van der Waals surface area (Å²) in [4.78, 5) is 40.2. The van der Waals surface area contributed by atoms with Crippen molar-refractivity contribution in [1.29, 1.82) is 0 Å². The fourth-order valence-corrected chi connectivity index (χ4v) is 3.72. The lowest BCUT2D eigenvalue weighted by Gasteiger charge is -2.24. The van der Waals surface area contributed by atoms with E-state index in [1.165, 1.54) is 4.90 Å². The van der Waals surface area contributed by atoms with Gasteiger partial charge in [0.25, 0.3) is 21.9 Å². The zero-order chi connectivity index (χ0) is 22.2. The van der Waals surface area contributed by atoms with E-state index in [2.05, 4.69) is 0 Å². The van der Waals surface area contributed by atoms with Crippen LogP contribution in [0.3, 0.4) is 0 Å². The molecule has 158 valence electrons. The first-order valence-electron chi connectivity index (χ1n) is 9.16. The first-order chi connectivity index (χ1) is 14.0. The molecule has 0 aliphatic carbocycles. The fraction of sp³-hybridized carbons (Fsp3) is 0.286. The van der Waals surface area contributed by atoms with E-state index in [0.29, 0.717) is 16.8 Å². The lowest BCUT2D eigenvalue weighted by atomic mass is 10.0. The second kappa shape index (κ2) is 8.00. The number of benzene rings is 2. The first kappa shape index (κ1) is 21.7. The Bertz CT molecular complexity index is 1120. The third-order valence-corrected chi connectivity index (χ3v) is 5.67. The summed E-state index contributed by atoms with van der Waals surface area (Å²) >= 11 is 0. The molecular weight excluding hydrogens is 408 g/mol. The van der Waals surface area contributed by atoms with Gasteiger partial charge in [-0.3, -0.25) is 23.5 Å². The van der Waals surface area contributed by atoms with Gasteiger partial charge in [-0.15, -0.1) is 0 Å². The Morgan fingerprint density at radius 1 is 1.03 bits per heavy atom. The average molecular weight is 430 g/mol. The zero-order valence-electron chi connectivity index (χ0n) is 17.1. The molecule has 2 aromatic rings. The van der Waals surface area contributed by atoms with Crippen LogP contribution < -0.4 is 4.90 Å². The Morgan fingerprint density at radius 3 is 2.13 bits per heavy atom. The average Bonchev–Trinajstić information content (AvgIpc) is 2.92. The summed E-state index contributed by atoms with van der Waals surface area (Å²) in [5, 5.41) is 0. The van der Waals surface area contributed by atoms with Crippen molar-refractivity contribution < 1.29 is 27.0 Å². The van der Waals surface area contributed by atoms with Crippen molar-refractivity contribution in [2.75, 3.05) is 24.7 Å². The van der Waals surface area contributed by atoms with E-state index in [0.717, 1.165) is 16.7 Å². The van der Waals surface area contributed by atoms with Gasteiger partial charge in [0, 0.05) is 12.7 Å². The third kappa shape index (κ3) is 4.12. The molecule has 0 bridgehead atoms. The van der Waals surface area contributed by atoms with Gasteiger partial charge in [-0.1, -0.05) is 18.2 Å². The normalized spacial score (nSPS) is 13.5. The molecule has 3 amide bonds. The van der Waals surface area contributed by atoms with Gasteiger partial charge in [0.15, 0.2) is 0 Å². The van der Waals surface area contributed by atoms with Crippen LogP contribution in [0.1, 0.15) is 37.4 Å². The van der Waals surface area contributed by atoms with Gasteiger partial charge in [0.1, 0.15) is 6.54 Å². The van der Waals surface area contributed by atoms with Crippen LogP contribution in [0.25, 0.3) is 0 Å². The largest absolute Gasteiger partial charge is 0.314 e. The summed E-state index contributed by atoms with van der Waals surface area (Å²) in [6, 6.07) is 9.93. The molecule has 8 nitrogen and oxygen atoms in total. The number of aryl methyl sites for hydroxylation is 1. The third-order valence-electron chi connectivity index (χ3n) is 5.13. The molecule has 0 atom stereocenters. The molecule has 0 spiro atoms. The molecule has 0 fully saturated rings. The highest BCUT2D eigenvalue weighted by Gasteiger charge is 2.37. The molecule has 9 heteroatoms. The molecule has 1 heterocycles. The summed E-state index contributed by atoms with van der Waals surface area (Å²) in [5.41, 5.74) is 3.25. The van der Waals surface area contributed by atoms with E-state index in [1.807, 2.05) is 6.92 Å². The monoisotopic (exact) mass is 430 g/mol. The van der Waals surface area contributed by atoms with Crippen LogP contribution in [0.5, 0.6) is 0 Å². The summed E-state index contributed by atoms with van der Waals surface area (Å²) in [5.74, 6) is -1.45. The van der Waals surface area contributed by atoms with Crippen molar-refractivity contribution in [1.82, 2.24) is 4.90 Å². The second-order valence-electron chi connectivity index (χ2n) is 7.17. The number of carbonyl (C=O) groups is 3. The Labute approximate surface area is 175 Å². The molecule has 0 radical (unpaired) electrons. The summed E-state index contributed by atoms with van der Waals surface area (Å²) in [6.45, 7) is 3.03. The van der Waals surface area contributed by atoms with Crippen molar-refractivity contribution in [2.45, 2.75) is 20.5 Å². The number of anilines is 1. The van der Waals surface area contributed by atoms with Gasteiger partial charge in [0.05, 0.1) is 24.0 Å². The number of hydrogen-bond acceptors (Lipinski definition) is 6. The number of amides is 3. The predicted molar refractivity (Wildman–Crippen MR) is 111 cm³/mol. The topological polar surface area (TPSA) is 101 Å². The number of hydrogen-bond donors (Lipinski definition) is 0. The van der Waals surface area contributed by atoms with Crippen molar-refractivity contribution in [3.63, 3.8) is 0 Å². The quantitative estimate of drug-likeness (QED) is 0.514. The Kier molecular flexibility index (Phi) is 5.78. The Morgan fingerprint density at radius 2 is 1.60 bits per heavy atom. The summed E-state index contributed by atoms with van der Waals surface area (Å²) in [7, 11) is -2.08. The lowest BCUT2D eigenvalue weighted by molar-refractivity contribution is -0.118. The maximum absolute atomic E-state index is 12.9. The number of fused-ring (bicyclic) bond motifs is 1. The van der Waals surface area contributed by atoms with Gasteiger partial charge in [-0.2, -0.15) is 8.42 Å². The molecule has 1 aliphatic heterocycles. The molecule has 0 N–H and O–H groups in total. The maximum Gasteiger partial charge on any atom is 0.264 e. The van der Waals surface area contributed by atoms with E-state index in [-0.39, 0.29) is 17.7 Å². The smallest absolute Gasteiger partial charge is 0.264 e. The molecule has 30 heavy (non-hydrogen) atoms. The van der Waals surface area contributed by atoms with Crippen molar-refractivity contribution in [2.24, 2.45) is 0 Å². The van der Waals surface area contributed by atoms with E-state index in [1.54, 1.807) is 50.4 Å². The maximum atomic E-state index is 12.9. The van der Waals surface area contributed by atoms with Gasteiger partial charge < -0.3 is 4.90 Å². The van der Waals surface area contributed by atoms with Crippen molar-refractivity contribution in [3.8, 4) is 0 Å². The molecule has 0 aromatic heterocycles. The van der Waals surface area contributed by atoms with Crippen molar-refractivity contribution >= 4 is 33.5 Å². The molecular formula is C21H22N2O6S. The molecule has 1 aliphatic rings. The number of rotatable bonds is 6. The highest BCUT2D eigenvalue weighted by Crippen LogP contribution is 2.27. The van der Waals surface area contributed by atoms with E-state index in [4.69, 9.17) is 4.18 Å². The molecule has 0 saturated carbocycles. The van der Waals surface area contributed by atoms with Crippen LogP contribution in [-0.4, -0.2) is 50.9 Å². The SMILES string of the molecule is Cc1ccc(N(C)C(=O)CN2C(=O)c3ccccc3C2=O)c(C)c1COS(C)(=O)=O. The highest BCUT2D eigenvalue weighted by molar-refractivity contribution is 7.85. The van der Waals surface area contributed by atoms with Crippen LogP contribution in [-0.2, 0) is 25.7 Å². The Hall–Kier alpha value is -3.04. The lowest BCUT2D eigenvalue weighted by Crippen LogP contribution is -2.41. The Balaban J connectivity index is 1.82. The molecule has 0 unspecified atom stereocenters. The molecule has 0 saturated heterocycles. The van der Waals surface area contributed by atoms with Crippen LogP contribution in [0.15, 0.2) is 36.4 Å². The van der Waals surface area contributed by atoms with Gasteiger partial charge in [0.2, 0.25) is 5.91 Å². The van der Waals surface area contributed by atoms with Crippen LogP contribution >= 0.6 is 0 Å². The number of nitrogens with zero attached hydrogens (tertiary/aromatic N) is 2. The van der Waals surface area contributed by atoms with Crippen LogP contribution in [0, 0.1) is 13.8 Å². The molecule has 3 rings (SSSR count). The van der Waals surface area contributed by atoms with E-state index < -0.39 is 34.4 Å². The van der Waals surface area contributed by atoms with Gasteiger partial charge in [-0.05, 0) is 48.7 Å². The minimum absolute atomic E-state index is 0.148. The van der Waals surface area contributed by atoms with Crippen LogP contribution in [0.4, 0.5) is 5.69 Å². The predicted octanol–water partition coefficient (Wildman–Crippen LogP) is 2.04. The number of imide groups is 1. The van der Waals surface area contributed by atoms with Crippen LogP contribution in [0.2, 0.25) is 0 Å². The molecule has 2 aromatic carbocycles. The van der Waals surface area contributed by atoms with Crippen molar-refractivity contribution in [3.05, 3.63) is 64.2 Å². The minimum atomic E-state index is -3.62. The minimum Gasteiger partial charge on any atom is -0.314 e. The standard InChI is InChI=1S/C21H22N2O6S/c1-13-9-10-18(14(2)17(13)12-29-30(4,27)28)22(3)19(24)11-23-20(25)15-7-5-6-8-16(15)21(23)26/h5-10H,11-12H2,1-4H3. The van der Waals surface area contributed by atoms with Gasteiger partial charge in [-0.25, -0.2) is 0 Å².